The number of para-hydroxylation sites is 1. The Morgan fingerprint density at radius 3 is 2.67 bits per heavy atom. The number of fused-ring (bicyclic) bond motifs is 1. The summed E-state index contributed by atoms with van der Waals surface area (Å²) in [6, 6.07) is 9.46. The topological polar surface area (TPSA) is 79.5 Å². The summed E-state index contributed by atoms with van der Waals surface area (Å²) in [5, 5.41) is 14.5. The van der Waals surface area contributed by atoms with Gasteiger partial charge in [0.2, 0.25) is 0 Å². The summed E-state index contributed by atoms with van der Waals surface area (Å²) in [5.74, 6) is -0.198. The third-order valence-electron chi connectivity index (χ3n) is 3.97. The summed E-state index contributed by atoms with van der Waals surface area (Å²) in [4.78, 5) is 18.3. The number of carboxylic acid groups (broad SMARTS) is 1. The van der Waals surface area contributed by atoms with Gasteiger partial charge in [0, 0.05) is 24.5 Å². The van der Waals surface area contributed by atoms with Crippen LogP contribution in [0.1, 0.15) is 33.1 Å². The van der Waals surface area contributed by atoms with E-state index in [1.165, 1.54) is 0 Å². The van der Waals surface area contributed by atoms with Crippen LogP contribution in [0.2, 0.25) is 0 Å². The second kappa shape index (κ2) is 6.41. The van der Waals surface area contributed by atoms with Crippen molar-refractivity contribution in [1.29, 1.82) is 0 Å². The first-order chi connectivity index (χ1) is 11.5. The molecule has 0 atom stereocenters. The van der Waals surface area contributed by atoms with E-state index in [2.05, 4.69) is 10.1 Å². The van der Waals surface area contributed by atoms with Gasteiger partial charge in [0.1, 0.15) is 5.76 Å². The smallest absolute Gasteiger partial charge is 0.337 e. The Morgan fingerprint density at radius 1 is 1.25 bits per heavy atom. The monoisotopic (exact) mass is 325 g/mol. The maximum Gasteiger partial charge on any atom is 0.337 e. The molecule has 24 heavy (non-hydrogen) atoms. The number of hydrogen-bond acceptors (Lipinski definition) is 5. The van der Waals surface area contributed by atoms with Gasteiger partial charge in [-0.25, -0.2) is 4.79 Å². The van der Waals surface area contributed by atoms with E-state index in [4.69, 9.17) is 4.52 Å². The van der Waals surface area contributed by atoms with E-state index in [-0.39, 0.29) is 5.56 Å². The van der Waals surface area contributed by atoms with Gasteiger partial charge in [-0.1, -0.05) is 23.4 Å². The van der Waals surface area contributed by atoms with E-state index in [1.807, 2.05) is 56.1 Å². The van der Waals surface area contributed by atoms with E-state index in [0.717, 1.165) is 27.9 Å². The summed E-state index contributed by atoms with van der Waals surface area (Å²) in [6.07, 6.45) is 0. The maximum absolute atomic E-state index is 11.7. The fraction of sp³-hybridized carbons (Fsp3) is 0.278. The number of nitrogens with zero attached hydrogens (tertiary/aromatic N) is 3. The van der Waals surface area contributed by atoms with Crippen molar-refractivity contribution in [1.82, 2.24) is 15.0 Å². The molecule has 3 rings (SSSR count). The molecule has 1 aromatic carbocycles. The maximum atomic E-state index is 11.7. The van der Waals surface area contributed by atoms with Crippen molar-refractivity contribution in [3.63, 3.8) is 0 Å². The lowest BCUT2D eigenvalue weighted by Gasteiger charge is -2.18. The first kappa shape index (κ1) is 16.1. The lowest BCUT2D eigenvalue weighted by atomic mass is 10.0. The van der Waals surface area contributed by atoms with Crippen LogP contribution in [0.5, 0.6) is 0 Å². The zero-order valence-corrected chi connectivity index (χ0v) is 13.9. The number of aromatic nitrogens is 2. The molecule has 0 aliphatic rings. The molecule has 124 valence electrons. The molecule has 0 aliphatic carbocycles. The SMILES string of the molecule is Cc1cc(CN(C)Cc2nc3ccccc3c(C)c2C(=O)O)no1. The average Bonchev–Trinajstić information content (AvgIpc) is 2.92. The molecule has 6 heteroatoms. The molecule has 0 fully saturated rings. The van der Waals surface area contributed by atoms with Crippen molar-refractivity contribution < 1.29 is 14.4 Å². The molecule has 2 aromatic heterocycles. The lowest BCUT2D eigenvalue weighted by molar-refractivity contribution is 0.0693. The van der Waals surface area contributed by atoms with Gasteiger partial charge >= 0.3 is 5.97 Å². The summed E-state index contributed by atoms with van der Waals surface area (Å²) < 4.78 is 5.07. The Labute approximate surface area is 139 Å². The van der Waals surface area contributed by atoms with Gasteiger partial charge in [0.25, 0.3) is 0 Å². The minimum Gasteiger partial charge on any atom is -0.478 e. The molecule has 0 bridgehead atoms. The number of pyridine rings is 1. The van der Waals surface area contributed by atoms with Crippen molar-refractivity contribution >= 4 is 16.9 Å². The molecule has 0 radical (unpaired) electrons. The molecular formula is C18H19N3O3. The molecule has 2 heterocycles. The number of benzene rings is 1. The number of rotatable bonds is 5. The van der Waals surface area contributed by atoms with Gasteiger partial charge in [-0.05, 0) is 32.5 Å². The van der Waals surface area contributed by atoms with Gasteiger partial charge in [0.15, 0.2) is 0 Å². The van der Waals surface area contributed by atoms with Crippen LogP contribution in [0.4, 0.5) is 0 Å². The number of aromatic carboxylic acids is 1. The third-order valence-corrected chi connectivity index (χ3v) is 3.97. The number of carbonyl (C=O) groups is 1. The Morgan fingerprint density at radius 2 is 2.00 bits per heavy atom. The van der Waals surface area contributed by atoms with Crippen LogP contribution in [0.15, 0.2) is 34.9 Å². The van der Waals surface area contributed by atoms with E-state index in [9.17, 15) is 9.90 Å². The molecule has 0 amide bonds. The fourth-order valence-electron chi connectivity index (χ4n) is 2.92. The largest absolute Gasteiger partial charge is 0.478 e. The van der Waals surface area contributed by atoms with E-state index < -0.39 is 5.97 Å². The molecule has 0 unspecified atom stereocenters. The van der Waals surface area contributed by atoms with Crippen LogP contribution < -0.4 is 0 Å². The predicted octanol–water partition coefficient (Wildman–Crippen LogP) is 3.17. The highest BCUT2D eigenvalue weighted by Gasteiger charge is 2.19. The highest BCUT2D eigenvalue weighted by Crippen LogP contribution is 2.24. The van der Waals surface area contributed by atoms with Crippen LogP contribution in [0.25, 0.3) is 10.9 Å². The lowest BCUT2D eigenvalue weighted by Crippen LogP contribution is -2.21. The number of hydrogen-bond donors (Lipinski definition) is 1. The van der Waals surface area contributed by atoms with Crippen molar-refractivity contribution in [3.05, 3.63) is 58.6 Å². The van der Waals surface area contributed by atoms with Crippen LogP contribution in [0.3, 0.4) is 0 Å². The van der Waals surface area contributed by atoms with Gasteiger partial charge in [-0.15, -0.1) is 0 Å². The van der Waals surface area contributed by atoms with Gasteiger partial charge in [0.05, 0.1) is 22.5 Å². The summed E-state index contributed by atoms with van der Waals surface area (Å²) in [7, 11) is 1.90. The first-order valence-electron chi connectivity index (χ1n) is 7.68. The quantitative estimate of drug-likeness (QED) is 0.776. The summed E-state index contributed by atoms with van der Waals surface area (Å²) >= 11 is 0. The first-order valence-corrected chi connectivity index (χ1v) is 7.68. The van der Waals surface area contributed by atoms with Crippen LogP contribution in [-0.2, 0) is 13.1 Å². The number of carboxylic acids is 1. The van der Waals surface area contributed by atoms with Crippen molar-refractivity contribution in [2.75, 3.05) is 7.05 Å². The van der Waals surface area contributed by atoms with E-state index in [0.29, 0.717) is 18.8 Å². The second-order valence-corrected chi connectivity index (χ2v) is 5.98. The Bertz CT molecular complexity index is 902. The average molecular weight is 325 g/mol. The van der Waals surface area contributed by atoms with E-state index in [1.54, 1.807) is 0 Å². The molecule has 6 nitrogen and oxygen atoms in total. The molecule has 3 aromatic rings. The molecule has 0 saturated heterocycles. The van der Waals surface area contributed by atoms with Gasteiger partial charge in [-0.2, -0.15) is 0 Å². The zero-order chi connectivity index (χ0) is 17.3. The molecule has 0 saturated carbocycles. The van der Waals surface area contributed by atoms with Crippen LogP contribution in [0, 0.1) is 13.8 Å². The van der Waals surface area contributed by atoms with Gasteiger partial charge < -0.3 is 9.63 Å². The minimum atomic E-state index is -0.952. The normalized spacial score (nSPS) is 11.3. The predicted molar refractivity (Wildman–Crippen MR) is 89.9 cm³/mol. The van der Waals surface area contributed by atoms with E-state index >= 15 is 0 Å². The van der Waals surface area contributed by atoms with Gasteiger partial charge in [-0.3, -0.25) is 9.88 Å². The molecule has 1 N–H and O–H groups in total. The minimum absolute atomic E-state index is 0.275. The second-order valence-electron chi connectivity index (χ2n) is 5.98. The standard InChI is InChI=1S/C18H19N3O3/c1-11-8-13(20-24-11)9-21(3)10-16-17(18(22)23)12(2)14-6-4-5-7-15(14)19-16/h4-8H,9-10H2,1-3H3,(H,22,23). The van der Waals surface area contributed by atoms with Crippen molar-refractivity contribution in [3.8, 4) is 0 Å². The zero-order valence-electron chi connectivity index (χ0n) is 13.9. The Kier molecular flexibility index (Phi) is 4.31. The highest BCUT2D eigenvalue weighted by molar-refractivity contribution is 5.97. The third kappa shape index (κ3) is 3.14. The summed E-state index contributed by atoms with van der Waals surface area (Å²) in [5.41, 5.74) is 3.19. The molecule has 0 spiro atoms. The molecular weight excluding hydrogens is 306 g/mol. The van der Waals surface area contributed by atoms with Crippen molar-refractivity contribution in [2.24, 2.45) is 0 Å². The number of aryl methyl sites for hydroxylation is 2. The fourth-order valence-corrected chi connectivity index (χ4v) is 2.92. The van der Waals surface area contributed by atoms with Crippen molar-refractivity contribution in [2.45, 2.75) is 26.9 Å². The Hall–Kier alpha value is -2.73. The molecule has 0 aliphatic heterocycles. The summed E-state index contributed by atoms with van der Waals surface area (Å²) in [6.45, 7) is 4.65. The van der Waals surface area contributed by atoms with Crippen LogP contribution >= 0.6 is 0 Å². The Balaban J connectivity index is 1.95. The van der Waals surface area contributed by atoms with Crippen LogP contribution in [-0.4, -0.2) is 33.2 Å². The highest BCUT2D eigenvalue weighted by atomic mass is 16.5.